The van der Waals surface area contributed by atoms with E-state index in [9.17, 15) is 0 Å². The first-order chi connectivity index (χ1) is 27.3. The molecule has 268 valence electrons. The number of furan rings is 1. The maximum absolute atomic E-state index is 6.67. The summed E-state index contributed by atoms with van der Waals surface area (Å²) in [6.07, 6.45) is 0. The fourth-order valence-corrected chi connectivity index (χ4v) is 9.89. The molecule has 1 aromatic heterocycles. The average molecular weight is 720 g/mol. The number of fused-ring (bicyclic) bond motifs is 9. The van der Waals surface area contributed by atoms with Gasteiger partial charge in [0.1, 0.15) is 11.2 Å². The van der Waals surface area contributed by atoms with Crippen molar-refractivity contribution in [3.8, 4) is 44.5 Å². The third-order valence-corrected chi connectivity index (χ3v) is 12.7. The summed E-state index contributed by atoms with van der Waals surface area (Å²) in [6.45, 7) is 9.43. The normalized spacial score (nSPS) is 14.4. The molecule has 0 atom stereocenters. The van der Waals surface area contributed by atoms with Crippen LogP contribution in [0.5, 0.6) is 0 Å². The lowest BCUT2D eigenvalue weighted by molar-refractivity contribution is 0.660. The zero-order valence-corrected chi connectivity index (χ0v) is 32.1. The van der Waals surface area contributed by atoms with Crippen LogP contribution in [0.15, 0.2) is 180 Å². The maximum Gasteiger partial charge on any atom is 0.143 e. The fraction of sp³-hybridized carbons (Fsp3) is 0.111. The number of rotatable bonds is 5. The van der Waals surface area contributed by atoms with Crippen LogP contribution in [0.4, 0.5) is 17.1 Å². The van der Waals surface area contributed by atoms with E-state index in [4.69, 9.17) is 4.42 Å². The molecule has 0 N–H and O–H groups in total. The van der Waals surface area contributed by atoms with E-state index in [1.165, 1.54) is 55.6 Å². The van der Waals surface area contributed by atoms with Gasteiger partial charge in [0.05, 0.1) is 11.4 Å². The minimum Gasteiger partial charge on any atom is -0.455 e. The lowest BCUT2D eigenvalue weighted by Crippen LogP contribution is -2.16. The SMILES string of the molecule is CC1(C)c2ccccc2-c2ccc(-c3cccc(N(c4ccccc4-c4cccc5c4oc4ccccc45)c4cccc5c4-c4ccccc4C5(C)C)c3)cc21. The average Bonchev–Trinajstić information content (AvgIpc) is 3.81. The van der Waals surface area contributed by atoms with Crippen LogP contribution in [-0.4, -0.2) is 0 Å². The van der Waals surface area contributed by atoms with Crippen LogP contribution < -0.4 is 4.90 Å². The van der Waals surface area contributed by atoms with E-state index in [-0.39, 0.29) is 10.8 Å². The molecule has 0 unspecified atom stereocenters. The summed E-state index contributed by atoms with van der Waals surface area (Å²) in [7, 11) is 0. The number of hydrogen-bond donors (Lipinski definition) is 0. The van der Waals surface area contributed by atoms with Crippen molar-refractivity contribution < 1.29 is 4.42 Å². The lowest BCUT2D eigenvalue weighted by Gasteiger charge is -2.31. The molecule has 0 fully saturated rings. The van der Waals surface area contributed by atoms with E-state index < -0.39 is 0 Å². The molecule has 0 amide bonds. The van der Waals surface area contributed by atoms with E-state index >= 15 is 0 Å². The van der Waals surface area contributed by atoms with Gasteiger partial charge in [-0.3, -0.25) is 0 Å². The van der Waals surface area contributed by atoms with Crippen molar-refractivity contribution >= 4 is 39.0 Å². The van der Waals surface area contributed by atoms with Crippen molar-refractivity contribution in [2.24, 2.45) is 0 Å². The number of anilines is 3. The first-order valence-electron chi connectivity index (χ1n) is 19.7. The molecule has 11 rings (SSSR count). The summed E-state index contributed by atoms with van der Waals surface area (Å²) in [6, 6.07) is 64.6. The van der Waals surface area contributed by atoms with E-state index in [0.29, 0.717) is 0 Å². The molecular formula is C54H41NO. The molecular weight excluding hydrogens is 679 g/mol. The largest absolute Gasteiger partial charge is 0.455 e. The minimum atomic E-state index is -0.135. The van der Waals surface area contributed by atoms with Crippen molar-refractivity contribution in [3.63, 3.8) is 0 Å². The Kier molecular flexibility index (Phi) is 6.98. The summed E-state index contributed by atoms with van der Waals surface area (Å²) in [4.78, 5) is 2.49. The molecule has 0 saturated carbocycles. The zero-order chi connectivity index (χ0) is 37.8. The Morgan fingerprint density at radius 3 is 1.82 bits per heavy atom. The maximum atomic E-state index is 6.67. The first kappa shape index (κ1) is 32.8. The molecule has 0 radical (unpaired) electrons. The van der Waals surface area contributed by atoms with Crippen LogP contribution in [0.3, 0.4) is 0 Å². The van der Waals surface area contributed by atoms with Crippen molar-refractivity contribution in [1.82, 2.24) is 0 Å². The molecule has 56 heavy (non-hydrogen) atoms. The Balaban J connectivity index is 1.15. The van der Waals surface area contributed by atoms with Crippen molar-refractivity contribution in [3.05, 3.63) is 198 Å². The van der Waals surface area contributed by atoms with Gasteiger partial charge >= 0.3 is 0 Å². The Labute approximate surface area is 328 Å². The highest BCUT2D eigenvalue weighted by Crippen LogP contribution is 2.56. The molecule has 2 nitrogen and oxygen atoms in total. The van der Waals surface area contributed by atoms with Crippen molar-refractivity contribution in [2.45, 2.75) is 38.5 Å². The Hall–Kier alpha value is -6.64. The third kappa shape index (κ3) is 4.62. The van der Waals surface area contributed by atoms with Crippen LogP contribution >= 0.6 is 0 Å². The zero-order valence-electron chi connectivity index (χ0n) is 32.1. The Bertz CT molecular complexity index is 3050. The molecule has 2 aliphatic carbocycles. The standard InChI is InChI=1S/C54H41NO/c1-53(2)45-25-10-6-21-43(45)51-46(53)26-15-28-49(51)55(48-27-11-7-19-39(48)41-22-14-23-42-40-20-8-12-29-50(40)56-52(41)42)36-17-13-16-34(32-36)35-30-31-38-37-18-5-9-24-44(37)54(3,4)47(38)33-35/h5-33H,1-4H3. The van der Waals surface area contributed by atoms with E-state index in [1.807, 2.05) is 6.07 Å². The number of nitrogens with zero attached hydrogens (tertiary/aromatic N) is 1. The quantitative estimate of drug-likeness (QED) is 0.176. The van der Waals surface area contributed by atoms with Gasteiger partial charge in [-0.25, -0.2) is 0 Å². The Morgan fingerprint density at radius 2 is 0.964 bits per heavy atom. The topological polar surface area (TPSA) is 16.4 Å². The summed E-state index contributed by atoms with van der Waals surface area (Å²) >= 11 is 0. The van der Waals surface area contributed by atoms with Crippen LogP contribution in [0.1, 0.15) is 49.9 Å². The highest BCUT2D eigenvalue weighted by molar-refractivity contribution is 6.11. The summed E-state index contributed by atoms with van der Waals surface area (Å²) in [5, 5.41) is 2.26. The molecule has 0 bridgehead atoms. The second-order valence-electron chi connectivity index (χ2n) is 16.5. The number of para-hydroxylation sites is 3. The van der Waals surface area contributed by atoms with Crippen LogP contribution in [0.25, 0.3) is 66.4 Å². The fourth-order valence-electron chi connectivity index (χ4n) is 9.89. The van der Waals surface area contributed by atoms with Crippen LogP contribution in [-0.2, 0) is 10.8 Å². The van der Waals surface area contributed by atoms with Gasteiger partial charge in [0.25, 0.3) is 0 Å². The van der Waals surface area contributed by atoms with Gasteiger partial charge in [0, 0.05) is 44.0 Å². The summed E-state index contributed by atoms with van der Waals surface area (Å²) in [5.74, 6) is 0. The predicted octanol–water partition coefficient (Wildman–Crippen LogP) is 15.0. The van der Waals surface area contributed by atoms with Gasteiger partial charge in [0.2, 0.25) is 0 Å². The molecule has 0 spiro atoms. The van der Waals surface area contributed by atoms with Gasteiger partial charge in [-0.2, -0.15) is 0 Å². The molecule has 2 heteroatoms. The van der Waals surface area contributed by atoms with E-state index in [0.717, 1.165) is 50.1 Å². The summed E-state index contributed by atoms with van der Waals surface area (Å²) < 4.78 is 6.67. The van der Waals surface area contributed by atoms with E-state index in [1.54, 1.807) is 0 Å². The molecule has 0 saturated heterocycles. The molecule has 9 aromatic rings. The van der Waals surface area contributed by atoms with Gasteiger partial charge in [-0.1, -0.05) is 167 Å². The van der Waals surface area contributed by atoms with Gasteiger partial charge < -0.3 is 9.32 Å². The number of hydrogen-bond acceptors (Lipinski definition) is 2. The smallest absolute Gasteiger partial charge is 0.143 e. The molecule has 8 aromatic carbocycles. The van der Waals surface area contributed by atoms with Crippen molar-refractivity contribution in [1.29, 1.82) is 0 Å². The molecule has 1 heterocycles. The minimum absolute atomic E-state index is 0.0764. The first-order valence-corrected chi connectivity index (χ1v) is 19.7. The third-order valence-electron chi connectivity index (χ3n) is 12.7. The van der Waals surface area contributed by atoms with E-state index in [2.05, 4.69) is 202 Å². The number of benzene rings is 8. The second-order valence-corrected chi connectivity index (χ2v) is 16.5. The van der Waals surface area contributed by atoms with Gasteiger partial charge in [0.15, 0.2) is 0 Å². The highest BCUT2D eigenvalue weighted by Gasteiger charge is 2.38. The van der Waals surface area contributed by atoms with Gasteiger partial charge in [-0.05, 0) is 86.5 Å². The van der Waals surface area contributed by atoms with Crippen molar-refractivity contribution in [2.75, 3.05) is 4.90 Å². The van der Waals surface area contributed by atoms with Crippen LogP contribution in [0, 0.1) is 0 Å². The molecule has 2 aliphatic rings. The second kappa shape index (κ2) is 11.9. The predicted molar refractivity (Wildman–Crippen MR) is 234 cm³/mol. The lowest BCUT2D eigenvalue weighted by atomic mass is 9.81. The van der Waals surface area contributed by atoms with Crippen LogP contribution in [0.2, 0.25) is 0 Å². The summed E-state index contributed by atoms with van der Waals surface area (Å²) in [5.41, 5.74) is 20.3. The Morgan fingerprint density at radius 1 is 0.393 bits per heavy atom. The molecule has 0 aliphatic heterocycles. The highest BCUT2D eigenvalue weighted by atomic mass is 16.3. The van der Waals surface area contributed by atoms with Gasteiger partial charge in [-0.15, -0.1) is 0 Å². The monoisotopic (exact) mass is 719 g/mol.